The van der Waals surface area contributed by atoms with Crippen LogP contribution in [0.5, 0.6) is 0 Å². The van der Waals surface area contributed by atoms with E-state index in [1.807, 2.05) is 36.4 Å². The van der Waals surface area contributed by atoms with Gasteiger partial charge in [0, 0.05) is 36.6 Å². The lowest BCUT2D eigenvalue weighted by Crippen LogP contribution is -2.50. The van der Waals surface area contributed by atoms with Crippen LogP contribution in [0.3, 0.4) is 0 Å². The summed E-state index contributed by atoms with van der Waals surface area (Å²) in [7, 11) is 0. The number of aromatic nitrogens is 1. The molecule has 0 amide bonds. The summed E-state index contributed by atoms with van der Waals surface area (Å²) >= 11 is 0. The molecule has 0 radical (unpaired) electrons. The van der Waals surface area contributed by atoms with E-state index in [1.54, 1.807) is 0 Å². The SMILES string of the molecule is CC1CNCCN1c1c(-c2ccccc2)nc2ccccc2c1N. The summed E-state index contributed by atoms with van der Waals surface area (Å²) in [5, 5.41) is 4.47. The van der Waals surface area contributed by atoms with E-state index in [-0.39, 0.29) is 0 Å². The van der Waals surface area contributed by atoms with E-state index in [1.165, 1.54) is 0 Å². The van der Waals surface area contributed by atoms with Gasteiger partial charge in [-0.25, -0.2) is 4.98 Å². The number of anilines is 2. The summed E-state index contributed by atoms with van der Waals surface area (Å²) < 4.78 is 0. The third-order valence-corrected chi connectivity index (χ3v) is 4.74. The van der Waals surface area contributed by atoms with Gasteiger partial charge in [0.05, 0.1) is 22.6 Å². The first kappa shape index (κ1) is 15.0. The van der Waals surface area contributed by atoms with Crippen molar-refractivity contribution >= 4 is 22.3 Å². The summed E-state index contributed by atoms with van der Waals surface area (Å²) in [6.45, 7) is 5.09. The molecule has 0 saturated carbocycles. The zero-order chi connectivity index (χ0) is 16.5. The average molecular weight is 318 g/mol. The molecule has 2 aromatic carbocycles. The van der Waals surface area contributed by atoms with Crippen molar-refractivity contribution < 1.29 is 0 Å². The van der Waals surface area contributed by atoms with Crippen molar-refractivity contribution in [2.24, 2.45) is 0 Å². The van der Waals surface area contributed by atoms with E-state index in [0.717, 1.165) is 53.2 Å². The Morgan fingerprint density at radius 3 is 2.62 bits per heavy atom. The largest absolute Gasteiger partial charge is 0.396 e. The van der Waals surface area contributed by atoms with Crippen LogP contribution in [0, 0.1) is 0 Å². The molecule has 1 saturated heterocycles. The average Bonchev–Trinajstić information content (AvgIpc) is 2.63. The number of piperazine rings is 1. The minimum Gasteiger partial charge on any atom is -0.396 e. The maximum Gasteiger partial charge on any atom is 0.0964 e. The van der Waals surface area contributed by atoms with Crippen LogP contribution in [0.25, 0.3) is 22.2 Å². The number of nitrogen functional groups attached to an aromatic ring is 1. The standard InChI is InChI=1S/C20H22N4/c1-14-13-22-11-12-24(14)20-18(21)16-9-5-6-10-17(16)23-19(20)15-7-3-2-4-8-15/h2-10,14,22H,11-13H2,1H3,(H2,21,23). The molecule has 0 aliphatic carbocycles. The molecule has 2 heterocycles. The predicted octanol–water partition coefficient (Wildman–Crippen LogP) is 3.28. The monoisotopic (exact) mass is 318 g/mol. The Labute approximate surface area is 142 Å². The van der Waals surface area contributed by atoms with E-state index >= 15 is 0 Å². The highest BCUT2D eigenvalue weighted by molar-refractivity contribution is 6.02. The van der Waals surface area contributed by atoms with Crippen LogP contribution in [0.1, 0.15) is 6.92 Å². The zero-order valence-corrected chi connectivity index (χ0v) is 13.9. The van der Waals surface area contributed by atoms with Gasteiger partial charge in [0.25, 0.3) is 0 Å². The first-order chi connectivity index (χ1) is 11.8. The van der Waals surface area contributed by atoms with E-state index in [4.69, 9.17) is 10.7 Å². The molecule has 1 aliphatic heterocycles. The number of nitrogens with two attached hydrogens (primary N) is 1. The number of benzene rings is 2. The van der Waals surface area contributed by atoms with E-state index < -0.39 is 0 Å². The summed E-state index contributed by atoms with van der Waals surface area (Å²) in [6, 6.07) is 18.8. The Kier molecular flexibility index (Phi) is 3.82. The van der Waals surface area contributed by atoms with Crippen molar-refractivity contribution in [2.45, 2.75) is 13.0 Å². The fraction of sp³-hybridized carbons (Fsp3) is 0.250. The number of nitrogens with one attached hydrogen (secondary N) is 1. The lowest BCUT2D eigenvalue weighted by atomic mass is 10.0. The minimum atomic E-state index is 0.381. The minimum absolute atomic E-state index is 0.381. The van der Waals surface area contributed by atoms with Crippen molar-refractivity contribution in [1.29, 1.82) is 0 Å². The van der Waals surface area contributed by atoms with Gasteiger partial charge < -0.3 is 16.0 Å². The number of hydrogen-bond acceptors (Lipinski definition) is 4. The number of rotatable bonds is 2. The lowest BCUT2D eigenvalue weighted by molar-refractivity contribution is 0.501. The molecular weight excluding hydrogens is 296 g/mol. The van der Waals surface area contributed by atoms with Crippen molar-refractivity contribution in [3.8, 4) is 11.3 Å². The fourth-order valence-corrected chi connectivity index (χ4v) is 3.49. The third-order valence-electron chi connectivity index (χ3n) is 4.74. The molecule has 0 bridgehead atoms. The molecule has 3 N–H and O–H groups in total. The summed E-state index contributed by atoms with van der Waals surface area (Å²) in [5.41, 5.74) is 11.6. The number of para-hydroxylation sites is 1. The van der Waals surface area contributed by atoms with Crippen LogP contribution in [0.15, 0.2) is 54.6 Å². The third kappa shape index (κ3) is 2.49. The van der Waals surface area contributed by atoms with Gasteiger partial charge in [0.15, 0.2) is 0 Å². The molecule has 0 spiro atoms. The Bertz CT molecular complexity index is 860. The van der Waals surface area contributed by atoms with Crippen LogP contribution >= 0.6 is 0 Å². The molecule has 1 unspecified atom stereocenters. The van der Waals surface area contributed by atoms with Gasteiger partial charge in [-0.15, -0.1) is 0 Å². The summed E-state index contributed by atoms with van der Waals surface area (Å²) in [4.78, 5) is 7.37. The molecule has 4 nitrogen and oxygen atoms in total. The zero-order valence-electron chi connectivity index (χ0n) is 13.9. The molecular formula is C20H22N4. The maximum absolute atomic E-state index is 6.65. The van der Waals surface area contributed by atoms with Crippen LogP contribution in [0.4, 0.5) is 11.4 Å². The van der Waals surface area contributed by atoms with Gasteiger partial charge in [-0.3, -0.25) is 0 Å². The van der Waals surface area contributed by atoms with Crippen molar-refractivity contribution in [1.82, 2.24) is 10.3 Å². The maximum atomic E-state index is 6.65. The molecule has 1 aromatic heterocycles. The molecule has 122 valence electrons. The summed E-state index contributed by atoms with van der Waals surface area (Å²) in [5.74, 6) is 0. The van der Waals surface area contributed by atoms with Crippen LogP contribution < -0.4 is 16.0 Å². The number of fused-ring (bicyclic) bond motifs is 1. The Morgan fingerprint density at radius 1 is 1.08 bits per heavy atom. The second-order valence-electron chi connectivity index (χ2n) is 6.35. The van der Waals surface area contributed by atoms with Crippen molar-refractivity contribution in [3.63, 3.8) is 0 Å². The Balaban J connectivity index is 2.00. The molecule has 1 aliphatic rings. The number of nitrogens with zero attached hydrogens (tertiary/aromatic N) is 2. The number of pyridine rings is 1. The van der Waals surface area contributed by atoms with Gasteiger partial charge in [0.1, 0.15) is 0 Å². The van der Waals surface area contributed by atoms with Crippen LogP contribution in [-0.4, -0.2) is 30.7 Å². The van der Waals surface area contributed by atoms with E-state index in [9.17, 15) is 0 Å². The smallest absolute Gasteiger partial charge is 0.0964 e. The Hall–Kier alpha value is -2.59. The van der Waals surface area contributed by atoms with Gasteiger partial charge in [-0.1, -0.05) is 48.5 Å². The second-order valence-corrected chi connectivity index (χ2v) is 6.35. The molecule has 3 aromatic rings. The molecule has 4 heteroatoms. The highest BCUT2D eigenvalue weighted by Crippen LogP contribution is 2.39. The molecule has 1 fully saturated rings. The number of hydrogen-bond donors (Lipinski definition) is 2. The first-order valence-electron chi connectivity index (χ1n) is 8.46. The van der Waals surface area contributed by atoms with Crippen LogP contribution in [-0.2, 0) is 0 Å². The highest BCUT2D eigenvalue weighted by Gasteiger charge is 2.25. The summed E-state index contributed by atoms with van der Waals surface area (Å²) in [6.07, 6.45) is 0. The quantitative estimate of drug-likeness (QED) is 0.761. The Morgan fingerprint density at radius 2 is 1.83 bits per heavy atom. The first-order valence-corrected chi connectivity index (χ1v) is 8.46. The fourth-order valence-electron chi connectivity index (χ4n) is 3.49. The van der Waals surface area contributed by atoms with Gasteiger partial charge in [-0.05, 0) is 13.0 Å². The van der Waals surface area contributed by atoms with Crippen molar-refractivity contribution in [2.75, 3.05) is 30.3 Å². The molecule has 24 heavy (non-hydrogen) atoms. The van der Waals surface area contributed by atoms with Crippen molar-refractivity contribution in [3.05, 3.63) is 54.6 Å². The highest BCUT2D eigenvalue weighted by atomic mass is 15.2. The lowest BCUT2D eigenvalue weighted by Gasteiger charge is -2.37. The van der Waals surface area contributed by atoms with Gasteiger partial charge in [0.2, 0.25) is 0 Å². The topological polar surface area (TPSA) is 54.2 Å². The van der Waals surface area contributed by atoms with E-state index in [0.29, 0.717) is 6.04 Å². The second kappa shape index (κ2) is 6.13. The van der Waals surface area contributed by atoms with Gasteiger partial charge in [-0.2, -0.15) is 0 Å². The normalized spacial score (nSPS) is 18.0. The van der Waals surface area contributed by atoms with Gasteiger partial charge >= 0.3 is 0 Å². The van der Waals surface area contributed by atoms with E-state index in [2.05, 4.69) is 35.3 Å². The molecule has 4 rings (SSSR count). The predicted molar refractivity (Wildman–Crippen MR) is 101 cm³/mol. The molecule has 1 atom stereocenters. The van der Waals surface area contributed by atoms with Crippen LogP contribution in [0.2, 0.25) is 0 Å².